The molecule has 0 aliphatic carbocycles. The molecular weight excluding hydrogens is 320 g/mol. The zero-order valence-corrected chi connectivity index (χ0v) is 13.4. The summed E-state index contributed by atoms with van der Waals surface area (Å²) in [5.74, 6) is -1.11. The molecule has 0 fully saturated rings. The summed E-state index contributed by atoms with van der Waals surface area (Å²) in [5.41, 5.74) is 0.422. The van der Waals surface area contributed by atoms with Gasteiger partial charge < -0.3 is 10.1 Å². The first-order valence-electron chi connectivity index (χ1n) is 7.18. The number of carbonyl (C=O) groups is 2. The molecule has 1 N–H and O–H groups in total. The highest BCUT2D eigenvalue weighted by atomic mass is 19.3. The number of carbonyl (C=O) groups excluding carboxylic acids is 2. The smallest absolute Gasteiger partial charge is 0.342 e. The first-order chi connectivity index (χ1) is 11.3. The van der Waals surface area contributed by atoms with Crippen LogP contribution in [0.1, 0.15) is 48.0 Å². The van der Waals surface area contributed by atoms with Crippen molar-refractivity contribution < 1.29 is 23.1 Å². The lowest BCUT2D eigenvalue weighted by atomic mass is 10.1. The molecule has 8 heteroatoms. The van der Waals surface area contributed by atoms with Gasteiger partial charge in [0.05, 0.1) is 6.20 Å². The zero-order chi connectivity index (χ0) is 17.9. The van der Waals surface area contributed by atoms with E-state index in [0.29, 0.717) is 11.3 Å². The predicted octanol–water partition coefficient (Wildman–Crippen LogP) is 3.23. The molecule has 1 heterocycles. The van der Waals surface area contributed by atoms with Crippen molar-refractivity contribution in [3.8, 4) is 0 Å². The molecule has 1 amide bonds. The van der Waals surface area contributed by atoms with E-state index in [1.54, 1.807) is 31.2 Å². The summed E-state index contributed by atoms with van der Waals surface area (Å²) in [7, 11) is 1.33. The molecule has 0 aliphatic heterocycles. The maximum atomic E-state index is 13.0. The standard InChI is InChI=1S/C16H17F2N3O3/c1-9(11-5-4-6-12(7-11)20-10(2)22)24-16(23)13-8-19-21(3)14(13)15(17)18/h4-9,15H,1-3H3,(H,20,22)/t9-/m0/s1. The summed E-state index contributed by atoms with van der Waals surface area (Å²) < 4.78 is 32.2. The number of halogens is 2. The van der Waals surface area contributed by atoms with E-state index in [1.165, 1.54) is 14.0 Å². The molecule has 6 nitrogen and oxygen atoms in total. The molecule has 1 aromatic heterocycles. The van der Waals surface area contributed by atoms with Crippen LogP contribution in [0.3, 0.4) is 0 Å². The maximum absolute atomic E-state index is 13.0. The van der Waals surface area contributed by atoms with Crippen LogP contribution in [0.25, 0.3) is 0 Å². The van der Waals surface area contributed by atoms with Gasteiger partial charge >= 0.3 is 5.97 Å². The number of aryl methyl sites for hydroxylation is 1. The number of nitrogens with zero attached hydrogens (tertiary/aromatic N) is 2. The summed E-state index contributed by atoms with van der Waals surface area (Å²) in [6.07, 6.45) is -2.46. The summed E-state index contributed by atoms with van der Waals surface area (Å²) in [6.45, 7) is 2.99. The number of nitrogens with one attached hydrogen (secondary N) is 1. The van der Waals surface area contributed by atoms with Gasteiger partial charge in [0.1, 0.15) is 17.4 Å². The summed E-state index contributed by atoms with van der Waals surface area (Å²) >= 11 is 0. The Morgan fingerprint density at radius 1 is 1.33 bits per heavy atom. The Balaban J connectivity index is 2.16. The van der Waals surface area contributed by atoms with Crippen LogP contribution in [0.4, 0.5) is 14.5 Å². The summed E-state index contributed by atoms with van der Waals surface area (Å²) in [5, 5.41) is 6.29. The Kier molecular flexibility index (Phi) is 5.28. The van der Waals surface area contributed by atoms with Crippen molar-refractivity contribution in [1.29, 1.82) is 0 Å². The van der Waals surface area contributed by atoms with Gasteiger partial charge in [0.15, 0.2) is 0 Å². The summed E-state index contributed by atoms with van der Waals surface area (Å²) in [6, 6.07) is 6.74. The van der Waals surface area contributed by atoms with Crippen molar-refractivity contribution in [2.45, 2.75) is 26.4 Å². The van der Waals surface area contributed by atoms with Crippen LogP contribution in [-0.2, 0) is 16.6 Å². The number of anilines is 1. The van der Waals surface area contributed by atoms with Gasteiger partial charge in [0.2, 0.25) is 5.91 Å². The van der Waals surface area contributed by atoms with E-state index >= 15 is 0 Å². The van der Waals surface area contributed by atoms with E-state index in [2.05, 4.69) is 10.4 Å². The van der Waals surface area contributed by atoms with Crippen LogP contribution in [0.2, 0.25) is 0 Å². The molecule has 0 spiro atoms. The third kappa shape index (κ3) is 3.95. The minimum absolute atomic E-state index is 0.228. The fraction of sp³-hybridized carbons (Fsp3) is 0.312. The fourth-order valence-electron chi connectivity index (χ4n) is 2.23. The monoisotopic (exact) mass is 337 g/mol. The van der Waals surface area contributed by atoms with Crippen molar-refractivity contribution in [2.24, 2.45) is 7.05 Å². The molecule has 0 unspecified atom stereocenters. The average Bonchev–Trinajstić information content (AvgIpc) is 2.88. The van der Waals surface area contributed by atoms with Gasteiger partial charge in [-0.25, -0.2) is 13.6 Å². The Labute approximate surface area is 137 Å². The highest BCUT2D eigenvalue weighted by Gasteiger charge is 2.25. The molecule has 2 aromatic rings. The van der Waals surface area contributed by atoms with E-state index in [9.17, 15) is 18.4 Å². The van der Waals surface area contributed by atoms with Crippen LogP contribution >= 0.6 is 0 Å². The molecule has 1 atom stereocenters. The number of benzene rings is 1. The van der Waals surface area contributed by atoms with Crippen LogP contribution in [0.5, 0.6) is 0 Å². The quantitative estimate of drug-likeness (QED) is 0.850. The van der Waals surface area contributed by atoms with Crippen LogP contribution in [-0.4, -0.2) is 21.7 Å². The molecular formula is C16H17F2N3O3. The number of amides is 1. The Morgan fingerprint density at radius 3 is 2.67 bits per heavy atom. The van der Waals surface area contributed by atoms with E-state index in [4.69, 9.17) is 4.74 Å². The lowest BCUT2D eigenvalue weighted by Crippen LogP contribution is -2.12. The van der Waals surface area contributed by atoms with Crippen molar-refractivity contribution in [2.75, 3.05) is 5.32 Å². The minimum Gasteiger partial charge on any atom is -0.454 e. The predicted molar refractivity (Wildman–Crippen MR) is 82.7 cm³/mol. The minimum atomic E-state index is -2.83. The number of esters is 1. The second kappa shape index (κ2) is 7.20. The molecule has 0 saturated heterocycles. The van der Waals surface area contributed by atoms with E-state index < -0.39 is 24.2 Å². The van der Waals surface area contributed by atoms with Crippen molar-refractivity contribution in [3.63, 3.8) is 0 Å². The maximum Gasteiger partial charge on any atom is 0.342 e. The number of hydrogen-bond acceptors (Lipinski definition) is 4. The highest BCUT2D eigenvalue weighted by molar-refractivity contribution is 5.91. The molecule has 0 radical (unpaired) electrons. The van der Waals surface area contributed by atoms with Gasteiger partial charge in [0.25, 0.3) is 6.43 Å². The largest absolute Gasteiger partial charge is 0.454 e. The first-order valence-corrected chi connectivity index (χ1v) is 7.18. The van der Waals surface area contributed by atoms with E-state index in [0.717, 1.165) is 10.9 Å². The van der Waals surface area contributed by atoms with Gasteiger partial charge in [-0.1, -0.05) is 12.1 Å². The second-order valence-corrected chi connectivity index (χ2v) is 5.22. The van der Waals surface area contributed by atoms with Gasteiger partial charge in [-0.05, 0) is 24.6 Å². The third-order valence-electron chi connectivity index (χ3n) is 3.37. The molecule has 1 aromatic carbocycles. The molecule has 24 heavy (non-hydrogen) atoms. The number of rotatable bonds is 5. The third-order valence-corrected chi connectivity index (χ3v) is 3.37. The van der Waals surface area contributed by atoms with Crippen molar-refractivity contribution in [3.05, 3.63) is 47.3 Å². The number of alkyl halides is 2. The van der Waals surface area contributed by atoms with Crippen LogP contribution in [0.15, 0.2) is 30.5 Å². The fourth-order valence-corrected chi connectivity index (χ4v) is 2.23. The van der Waals surface area contributed by atoms with E-state index in [-0.39, 0.29) is 11.5 Å². The zero-order valence-electron chi connectivity index (χ0n) is 13.4. The van der Waals surface area contributed by atoms with E-state index in [1.807, 2.05) is 0 Å². The highest BCUT2D eigenvalue weighted by Crippen LogP contribution is 2.26. The van der Waals surface area contributed by atoms with Gasteiger partial charge in [-0.3, -0.25) is 9.48 Å². The molecule has 0 bridgehead atoms. The second-order valence-electron chi connectivity index (χ2n) is 5.22. The topological polar surface area (TPSA) is 73.2 Å². The lowest BCUT2D eigenvalue weighted by molar-refractivity contribution is -0.114. The van der Waals surface area contributed by atoms with Crippen LogP contribution < -0.4 is 5.32 Å². The summed E-state index contributed by atoms with van der Waals surface area (Å²) in [4.78, 5) is 23.2. The lowest BCUT2D eigenvalue weighted by Gasteiger charge is -2.15. The Morgan fingerprint density at radius 2 is 2.04 bits per heavy atom. The van der Waals surface area contributed by atoms with Crippen LogP contribution in [0, 0.1) is 0 Å². The number of aromatic nitrogens is 2. The van der Waals surface area contributed by atoms with Crippen molar-refractivity contribution in [1.82, 2.24) is 9.78 Å². The molecule has 0 aliphatic rings. The Hall–Kier alpha value is -2.77. The first kappa shape index (κ1) is 17.6. The SMILES string of the molecule is CC(=O)Nc1cccc([C@H](C)OC(=O)c2cnn(C)c2C(F)F)c1. The van der Waals surface area contributed by atoms with Gasteiger partial charge in [0, 0.05) is 19.7 Å². The molecule has 128 valence electrons. The van der Waals surface area contributed by atoms with Gasteiger partial charge in [-0.2, -0.15) is 5.10 Å². The average molecular weight is 337 g/mol. The number of ether oxygens (including phenoxy) is 1. The van der Waals surface area contributed by atoms with Gasteiger partial charge in [-0.15, -0.1) is 0 Å². The Bertz CT molecular complexity index is 759. The van der Waals surface area contributed by atoms with Crippen molar-refractivity contribution >= 4 is 17.6 Å². The number of hydrogen-bond donors (Lipinski definition) is 1. The normalized spacial score (nSPS) is 12.1. The molecule has 0 saturated carbocycles. The molecule has 2 rings (SSSR count).